The number of anilines is 3. The van der Waals surface area contributed by atoms with Crippen LogP contribution in [-0.2, 0) is 6.61 Å². The molecular formula is C23H19BrN8O2. The Morgan fingerprint density at radius 3 is 2.65 bits per heavy atom. The molecule has 1 aliphatic rings. The third kappa shape index (κ3) is 4.25. The highest BCUT2D eigenvalue weighted by Gasteiger charge is 2.31. The quantitative estimate of drug-likeness (QED) is 0.292. The van der Waals surface area contributed by atoms with Crippen molar-refractivity contribution in [3.8, 4) is 23.8 Å². The number of fused-ring (bicyclic) bond motifs is 1. The van der Waals surface area contributed by atoms with Crippen molar-refractivity contribution in [2.24, 2.45) is 4.99 Å². The van der Waals surface area contributed by atoms with Gasteiger partial charge in [-0.05, 0) is 39.2 Å². The lowest BCUT2D eigenvalue weighted by Crippen LogP contribution is -2.32. The van der Waals surface area contributed by atoms with Crippen LogP contribution in [0.25, 0.3) is 0 Å². The highest BCUT2D eigenvalue weighted by Crippen LogP contribution is 2.45. The van der Waals surface area contributed by atoms with Gasteiger partial charge in [0, 0.05) is 5.56 Å². The first-order valence-corrected chi connectivity index (χ1v) is 10.8. The predicted octanol–water partition coefficient (Wildman–Crippen LogP) is 3.41. The normalized spacial score (nSPS) is 14.0. The summed E-state index contributed by atoms with van der Waals surface area (Å²) in [4.78, 5) is 8.84. The van der Waals surface area contributed by atoms with Crippen molar-refractivity contribution in [3.05, 3.63) is 69.2 Å². The van der Waals surface area contributed by atoms with Crippen molar-refractivity contribution in [1.82, 2.24) is 10.3 Å². The molecule has 0 saturated heterocycles. The second-order valence-electron chi connectivity index (χ2n) is 7.21. The zero-order chi connectivity index (χ0) is 24.2. The Hall–Kier alpha value is -4.48. The summed E-state index contributed by atoms with van der Waals surface area (Å²) in [7, 11) is 1.54. The summed E-state index contributed by atoms with van der Waals surface area (Å²) in [6.07, 6.45) is 1.83. The number of methoxy groups -OCH3 is 1. The number of nitrogens with one attached hydrogen (secondary N) is 2. The average Bonchev–Trinajstić information content (AvgIpc) is 2.83. The molecule has 0 amide bonds. The molecule has 1 atom stereocenters. The molecule has 6 N–H and O–H groups in total. The minimum Gasteiger partial charge on any atom is -0.493 e. The van der Waals surface area contributed by atoms with Crippen LogP contribution in [0.4, 0.5) is 17.3 Å². The summed E-state index contributed by atoms with van der Waals surface area (Å²) in [5.41, 5.74) is 14.6. The number of rotatable bonds is 5. The number of halogens is 1. The Labute approximate surface area is 204 Å². The van der Waals surface area contributed by atoms with Crippen LogP contribution in [0.2, 0.25) is 0 Å². The zero-order valence-electron chi connectivity index (χ0n) is 18.0. The Balaban J connectivity index is 1.80. The molecule has 3 aromatic rings. The van der Waals surface area contributed by atoms with Gasteiger partial charge in [0.2, 0.25) is 5.96 Å². The standard InChI is InChI=1S/C23H19BrN8O2/c1-33-16-8-13(7-15(24)20(16)34-10-12-5-3-2-4-6-12)19-17-18(27)14(9-25)21(28)31-22(17)32-23(30-19)29-11-26/h2-8,19H,10H2,1H3,(H6,27,28,29,30,31,32). The monoisotopic (exact) mass is 518 g/mol. The number of hydrogen-bond acceptors (Lipinski definition) is 10. The van der Waals surface area contributed by atoms with Gasteiger partial charge in [-0.25, -0.2) is 9.98 Å². The Bertz CT molecular complexity index is 1360. The van der Waals surface area contributed by atoms with Crippen molar-refractivity contribution in [3.63, 3.8) is 0 Å². The van der Waals surface area contributed by atoms with Crippen molar-refractivity contribution in [1.29, 1.82) is 10.5 Å². The number of benzene rings is 2. The van der Waals surface area contributed by atoms with E-state index < -0.39 is 6.04 Å². The van der Waals surface area contributed by atoms with E-state index in [1.54, 1.807) is 6.07 Å². The van der Waals surface area contributed by atoms with Gasteiger partial charge in [-0.3, -0.25) is 5.32 Å². The molecule has 0 spiro atoms. The summed E-state index contributed by atoms with van der Waals surface area (Å²) in [5, 5.41) is 24.0. The molecule has 1 unspecified atom stereocenters. The third-order valence-corrected chi connectivity index (χ3v) is 5.74. The van der Waals surface area contributed by atoms with E-state index in [1.807, 2.05) is 48.7 Å². The van der Waals surface area contributed by atoms with Gasteiger partial charge >= 0.3 is 0 Å². The molecule has 34 heavy (non-hydrogen) atoms. The van der Waals surface area contributed by atoms with Crippen LogP contribution in [0.3, 0.4) is 0 Å². The summed E-state index contributed by atoms with van der Waals surface area (Å²) in [6, 6.07) is 14.6. The minimum atomic E-state index is -0.708. The molecule has 0 bridgehead atoms. The predicted molar refractivity (Wildman–Crippen MR) is 131 cm³/mol. The molecular weight excluding hydrogens is 500 g/mol. The van der Waals surface area contributed by atoms with Crippen LogP contribution in [-0.4, -0.2) is 18.1 Å². The SMILES string of the molecule is COc1cc(C2N=C(NC#N)Nc3nc(N)c(C#N)c(N)c32)cc(Br)c1OCc1ccccc1. The number of ether oxygens (including phenoxy) is 2. The van der Waals surface area contributed by atoms with Crippen molar-refractivity contribution < 1.29 is 9.47 Å². The number of nitriles is 2. The van der Waals surface area contributed by atoms with E-state index in [1.165, 1.54) is 7.11 Å². The van der Waals surface area contributed by atoms with Crippen LogP contribution in [0.5, 0.6) is 11.5 Å². The topological polar surface area (TPSA) is 167 Å². The molecule has 0 radical (unpaired) electrons. The third-order valence-electron chi connectivity index (χ3n) is 5.15. The number of pyridine rings is 1. The summed E-state index contributed by atoms with van der Waals surface area (Å²) >= 11 is 3.57. The average molecular weight is 519 g/mol. The molecule has 11 heteroatoms. The lowest BCUT2D eigenvalue weighted by Gasteiger charge is -2.27. The lowest BCUT2D eigenvalue weighted by atomic mass is 9.95. The fourth-order valence-electron chi connectivity index (χ4n) is 3.59. The summed E-state index contributed by atoms with van der Waals surface area (Å²) in [6.45, 7) is 0.349. The van der Waals surface area contributed by atoms with E-state index >= 15 is 0 Å². The number of hydrogen-bond donors (Lipinski definition) is 4. The lowest BCUT2D eigenvalue weighted by molar-refractivity contribution is 0.282. The van der Waals surface area contributed by atoms with Crippen molar-refractivity contribution in [2.75, 3.05) is 23.9 Å². The van der Waals surface area contributed by atoms with E-state index in [0.29, 0.717) is 39.5 Å². The summed E-state index contributed by atoms with van der Waals surface area (Å²) < 4.78 is 12.2. The van der Waals surface area contributed by atoms with Gasteiger partial charge in [-0.1, -0.05) is 30.3 Å². The largest absolute Gasteiger partial charge is 0.493 e. The van der Waals surface area contributed by atoms with Crippen LogP contribution >= 0.6 is 15.9 Å². The van der Waals surface area contributed by atoms with Crippen LogP contribution in [0, 0.1) is 22.8 Å². The van der Waals surface area contributed by atoms with E-state index in [-0.39, 0.29) is 23.0 Å². The van der Waals surface area contributed by atoms with E-state index in [2.05, 4.69) is 36.5 Å². The van der Waals surface area contributed by atoms with Crippen molar-refractivity contribution in [2.45, 2.75) is 12.6 Å². The second kappa shape index (κ2) is 9.57. The van der Waals surface area contributed by atoms with Gasteiger partial charge in [0.15, 0.2) is 17.7 Å². The summed E-state index contributed by atoms with van der Waals surface area (Å²) in [5.74, 6) is 1.42. The Morgan fingerprint density at radius 2 is 1.97 bits per heavy atom. The number of guanidine groups is 1. The minimum absolute atomic E-state index is 0.0216. The molecule has 0 aliphatic carbocycles. The Morgan fingerprint density at radius 1 is 1.21 bits per heavy atom. The van der Waals surface area contributed by atoms with Crippen molar-refractivity contribution >= 4 is 39.2 Å². The fourth-order valence-corrected chi connectivity index (χ4v) is 4.16. The number of nitrogens with zero attached hydrogens (tertiary/aromatic N) is 4. The Kier molecular flexibility index (Phi) is 6.39. The molecule has 10 nitrogen and oxygen atoms in total. The van der Waals surface area contributed by atoms with Crippen LogP contribution in [0.1, 0.15) is 28.3 Å². The molecule has 1 aromatic heterocycles. The highest BCUT2D eigenvalue weighted by molar-refractivity contribution is 9.10. The van der Waals surface area contributed by atoms with Gasteiger partial charge < -0.3 is 26.3 Å². The number of nitrogens with two attached hydrogens (primary N) is 2. The number of aliphatic imine (C=N–C) groups is 1. The maximum Gasteiger partial charge on any atom is 0.211 e. The first-order chi connectivity index (χ1) is 16.5. The maximum absolute atomic E-state index is 9.50. The van der Waals surface area contributed by atoms with Gasteiger partial charge in [0.25, 0.3) is 0 Å². The molecule has 0 fully saturated rings. The highest BCUT2D eigenvalue weighted by atomic mass is 79.9. The van der Waals surface area contributed by atoms with Gasteiger partial charge in [0.05, 0.1) is 17.3 Å². The fraction of sp³-hybridized carbons (Fsp3) is 0.130. The molecule has 0 saturated carbocycles. The van der Waals surface area contributed by atoms with Gasteiger partial charge in [-0.2, -0.15) is 10.5 Å². The zero-order valence-corrected chi connectivity index (χ0v) is 19.5. The molecule has 2 heterocycles. The van der Waals surface area contributed by atoms with Gasteiger partial charge in [-0.15, -0.1) is 0 Å². The molecule has 2 aromatic carbocycles. The maximum atomic E-state index is 9.50. The first-order valence-electron chi connectivity index (χ1n) is 9.99. The van der Waals surface area contributed by atoms with E-state index in [4.69, 9.17) is 26.2 Å². The van der Waals surface area contributed by atoms with Gasteiger partial charge in [0.1, 0.15) is 35.9 Å². The van der Waals surface area contributed by atoms with Crippen LogP contribution in [0.15, 0.2) is 51.9 Å². The second-order valence-corrected chi connectivity index (χ2v) is 8.06. The molecule has 170 valence electrons. The number of aromatic nitrogens is 1. The molecule has 4 rings (SSSR count). The van der Waals surface area contributed by atoms with E-state index in [9.17, 15) is 5.26 Å². The van der Waals surface area contributed by atoms with Crippen LogP contribution < -0.4 is 31.6 Å². The molecule has 1 aliphatic heterocycles. The first kappa shape index (κ1) is 22.7. The smallest absolute Gasteiger partial charge is 0.211 e. The number of nitrogen functional groups attached to an aromatic ring is 2. The van der Waals surface area contributed by atoms with E-state index in [0.717, 1.165) is 5.56 Å².